The Morgan fingerprint density at radius 3 is 2.22 bits per heavy atom. The van der Waals surface area contributed by atoms with Gasteiger partial charge in [-0.2, -0.15) is 0 Å². The van der Waals surface area contributed by atoms with Crippen molar-refractivity contribution >= 4 is 16.8 Å². The van der Waals surface area contributed by atoms with Crippen LogP contribution in [0.25, 0.3) is 22.2 Å². The average molecular weight is 353 g/mol. The standard InChI is InChI=1S/C23H19N3O/c27-23(24-16-15-17-9-3-1-4-10-17)21-19-13-7-8-14-20(19)25-26-22(21)18-11-5-2-6-12-18/h1-14H,15-16H2,(H,24,27). The van der Waals surface area contributed by atoms with Crippen LogP contribution >= 0.6 is 0 Å². The van der Waals surface area contributed by atoms with E-state index in [1.54, 1.807) is 0 Å². The monoisotopic (exact) mass is 353 g/mol. The zero-order chi connectivity index (χ0) is 18.5. The highest BCUT2D eigenvalue weighted by molar-refractivity contribution is 6.10. The molecular formula is C23H19N3O. The second-order valence-electron chi connectivity index (χ2n) is 6.30. The Bertz CT molecular complexity index is 1060. The van der Waals surface area contributed by atoms with Crippen LogP contribution in [0, 0.1) is 0 Å². The predicted molar refractivity (Wildman–Crippen MR) is 107 cm³/mol. The van der Waals surface area contributed by atoms with Crippen molar-refractivity contribution in [2.24, 2.45) is 0 Å². The van der Waals surface area contributed by atoms with Gasteiger partial charge in [0.15, 0.2) is 0 Å². The Kier molecular flexibility index (Phi) is 4.88. The molecular weight excluding hydrogens is 334 g/mol. The van der Waals surface area contributed by atoms with Gasteiger partial charge in [0.05, 0.1) is 11.1 Å². The van der Waals surface area contributed by atoms with E-state index in [-0.39, 0.29) is 5.91 Å². The highest BCUT2D eigenvalue weighted by Gasteiger charge is 2.18. The van der Waals surface area contributed by atoms with E-state index in [1.165, 1.54) is 5.56 Å². The zero-order valence-electron chi connectivity index (χ0n) is 14.8. The van der Waals surface area contributed by atoms with E-state index in [4.69, 9.17) is 0 Å². The van der Waals surface area contributed by atoms with E-state index in [0.29, 0.717) is 23.3 Å². The van der Waals surface area contributed by atoms with Crippen LogP contribution < -0.4 is 5.32 Å². The molecule has 0 spiro atoms. The molecule has 4 heteroatoms. The van der Waals surface area contributed by atoms with Gasteiger partial charge in [0.25, 0.3) is 5.91 Å². The first-order valence-electron chi connectivity index (χ1n) is 8.96. The van der Waals surface area contributed by atoms with Crippen molar-refractivity contribution in [2.75, 3.05) is 6.54 Å². The Balaban J connectivity index is 1.67. The number of carbonyl (C=O) groups is 1. The summed E-state index contributed by atoms with van der Waals surface area (Å²) in [6.45, 7) is 0.563. The van der Waals surface area contributed by atoms with Crippen molar-refractivity contribution < 1.29 is 4.79 Å². The molecule has 132 valence electrons. The Morgan fingerprint density at radius 2 is 1.44 bits per heavy atom. The van der Waals surface area contributed by atoms with Gasteiger partial charge in [-0.25, -0.2) is 0 Å². The fourth-order valence-corrected chi connectivity index (χ4v) is 3.14. The van der Waals surface area contributed by atoms with Crippen LogP contribution in [0.15, 0.2) is 84.9 Å². The number of nitrogens with zero attached hydrogens (tertiary/aromatic N) is 2. The number of aromatic nitrogens is 2. The van der Waals surface area contributed by atoms with Crippen LogP contribution in [-0.4, -0.2) is 22.6 Å². The summed E-state index contributed by atoms with van der Waals surface area (Å²) in [5, 5.41) is 12.5. The van der Waals surface area contributed by atoms with Crippen molar-refractivity contribution in [1.29, 1.82) is 0 Å². The molecule has 1 N–H and O–H groups in total. The molecule has 1 heterocycles. The van der Waals surface area contributed by atoms with Crippen LogP contribution in [0.1, 0.15) is 15.9 Å². The number of amides is 1. The van der Waals surface area contributed by atoms with E-state index >= 15 is 0 Å². The number of nitrogens with one attached hydrogen (secondary N) is 1. The molecule has 0 aliphatic carbocycles. The molecule has 0 aliphatic heterocycles. The number of hydrogen-bond acceptors (Lipinski definition) is 3. The predicted octanol–water partition coefficient (Wildman–Crippen LogP) is 4.27. The van der Waals surface area contributed by atoms with Gasteiger partial charge in [0, 0.05) is 17.5 Å². The Labute approximate surface area is 157 Å². The number of fused-ring (bicyclic) bond motifs is 1. The summed E-state index contributed by atoms with van der Waals surface area (Å²) in [5.41, 5.74) is 3.96. The third-order valence-electron chi connectivity index (χ3n) is 4.48. The third-order valence-corrected chi connectivity index (χ3v) is 4.48. The lowest BCUT2D eigenvalue weighted by molar-refractivity contribution is 0.0956. The number of rotatable bonds is 5. The third kappa shape index (κ3) is 3.70. The fourth-order valence-electron chi connectivity index (χ4n) is 3.14. The van der Waals surface area contributed by atoms with Gasteiger partial charge in [0.2, 0.25) is 0 Å². The molecule has 0 radical (unpaired) electrons. The molecule has 1 aromatic heterocycles. The maximum absolute atomic E-state index is 13.1. The van der Waals surface area contributed by atoms with Gasteiger partial charge < -0.3 is 5.32 Å². The van der Waals surface area contributed by atoms with Gasteiger partial charge in [-0.1, -0.05) is 78.9 Å². The lowest BCUT2D eigenvalue weighted by atomic mass is 10.0. The van der Waals surface area contributed by atoms with Gasteiger partial charge >= 0.3 is 0 Å². The SMILES string of the molecule is O=C(NCCc1ccccc1)c1c(-c2ccccc2)nnc2ccccc12. The summed E-state index contributed by atoms with van der Waals surface area (Å²) in [7, 11) is 0. The molecule has 0 aliphatic rings. The van der Waals surface area contributed by atoms with Crippen molar-refractivity contribution in [2.45, 2.75) is 6.42 Å². The minimum atomic E-state index is -0.129. The van der Waals surface area contributed by atoms with Crippen LogP contribution in [-0.2, 0) is 6.42 Å². The van der Waals surface area contributed by atoms with E-state index in [1.807, 2.05) is 72.8 Å². The number of benzene rings is 3. The Hall–Kier alpha value is -3.53. The van der Waals surface area contributed by atoms with Crippen molar-refractivity contribution in [3.8, 4) is 11.3 Å². The minimum Gasteiger partial charge on any atom is -0.352 e. The summed E-state index contributed by atoms with van der Waals surface area (Å²) in [6, 6.07) is 27.4. The lowest BCUT2D eigenvalue weighted by Crippen LogP contribution is -2.27. The molecule has 27 heavy (non-hydrogen) atoms. The molecule has 0 saturated heterocycles. The molecule has 3 aromatic carbocycles. The maximum atomic E-state index is 13.1. The van der Waals surface area contributed by atoms with E-state index < -0.39 is 0 Å². The van der Waals surface area contributed by atoms with Crippen LogP contribution in [0.2, 0.25) is 0 Å². The quantitative estimate of drug-likeness (QED) is 0.583. The second-order valence-corrected chi connectivity index (χ2v) is 6.30. The summed E-state index contributed by atoms with van der Waals surface area (Å²) < 4.78 is 0. The normalized spacial score (nSPS) is 10.7. The van der Waals surface area contributed by atoms with E-state index in [9.17, 15) is 4.79 Å². The molecule has 4 aromatic rings. The van der Waals surface area contributed by atoms with E-state index in [2.05, 4.69) is 27.6 Å². The molecule has 0 atom stereocenters. The summed E-state index contributed by atoms with van der Waals surface area (Å²) in [4.78, 5) is 13.1. The molecule has 0 bridgehead atoms. The first kappa shape index (κ1) is 16.9. The van der Waals surface area contributed by atoms with Crippen molar-refractivity contribution in [1.82, 2.24) is 15.5 Å². The summed E-state index contributed by atoms with van der Waals surface area (Å²) in [6.07, 6.45) is 0.781. The first-order chi connectivity index (χ1) is 13.3. The summed E-state index contributed by atoms with van der Waals surface area (Å²) in [5.74, 6) is -0.129. The van der Waals surface area contributed by atoms with Crippen molar-refractivity contribution in [3.63, 3.8) is 0 Å². The minimum absolute atomic E-state index is 0.129. The zero-order valence-corrected chi connectivity index (χ0v) is 14.8. The smallest absolute Gasteiger partial charge is 0.254 e. The molecule has 4 nitrogen and oxygen atoms in total. The summed E-state index contributed by atoms with van der Waals surface area (Å²) >= 11 is 0. The van der Waals surface area contributed by atoms with Crippen LogP contribution in [0.4, 0.5) is 0 Å². The molecule has 0 saturated carbocycles. The number of carbonyl (C=O) groups excluding carboxylic acids is 1. The van der Waals surface area contributed by atoms with Crippen LogP contribution in [0.5, 0.6) is 0 Å². The largest absolute Gasteiger partial charge is 0.352 e. The maximum Gasteiger partial charge on any atom is 0.254 e. The highest BCUT2D eigenvalue weighted by Crippen LogP contribution is 2.26. The Morgan fingerprint density at radius 1 is 0.778 bits per heavy atom. The second kappa shape index (κ2) is 7.79. The van der Waals surface area contributed by atoms with E-state index in [0.717, 1.165) is 17.4 Å². The van der Waals surface area contributed by atoms with Gasteiger partial charge in [0.1, 0.15) is 5.69 Å². The van der Waals surface area contributed by atoms with Gasteiger partial charge in [-0.05, 0) is 18.1 Å². The van der Waals surface area contributed by atoms with Crippen LogP contribution in [0.3, 0.4) is 0 Å². The first-order valence-corrected chi connectivity index (χ1v) is 8.96. The lowest BCUT2D eigenvalue weighted by Gasteiger charge is -2.12. The highest BCUT2D eigenvalue weighted by atomic mass is 16.1. The molecule has 0 fully saturated rings. The number of hydrogen-bond donors (Lipinski definition) is 1. The molecule has 4 rings (SSSR count). The average Bonchev–Trinajstić information content (AvgIpc) is 2.74. The van der Waals surface area contributed by atoms with Gasteiger partial charge in [-0.15, -0.1) is 10.2 Å². The topological polar surface area (TPSA) is 54.9 Å². The molecule has 1 amide bonds. The van der Waals surface area contributed by atoms with Crippen molar-refractivity contribution in [3.05, 3.63) is 96.1 Å². The van der Waals surface area contributed by atoms with Gasteiger partial charge in [-0.3, -0.25) is 4.79 Å². The molecule has 0 unspecified atom stereocenters. The fraction of sp³-hybridized carbons (Fsp3) is 0.0870.